The number of methoxy groups -OCH3 is 2. The normalized spacial score (nSPS) is 10.5. The summed E-state index contributed by atoms with van der Waals surface area (Å²) in [6.45, 7) is -0.0632. The van der Waals surface area contributed by atoms with Gasteiger partial charge in [-0.1, -0.05) is 35.9 Å². The van der Waals surface area contributed by atoms with Crippen molar-refractivity contribution in [3.63, 3.8) is 0 Å². The van der Waals surface area contributed by atoms with Gasteiger partial charge in [0.2, 0.25) is 0 Å². The number of benzene rings is 1. The Morgan fingerprint density at radius 2 is 1.88 bits per heavy atom. The van der Waals surface area contributed by atoms with Crippen molar-refractivity contribution >= 4 is 29.0 Å². The van der Waals surface area contributed by atoms with Crippen molar-refractivity contribution in [2.24, 2.45) is 0 Å². The van der Waals surface area contributed by atoms with Crippen molar-refractivity contribution < 1.29 is 23.5 Å². The second kappa shape index (κ2) is 7.37. The zero-order valence-electron chi connectivity index (χ0n) is 12.9. The number of carbonyl (C=O) groups excluding carboxylic acids is 2. The summed E-state index contributed by atoms with van der Waals surface area (Å²) >= 11 is 5.85. The Kier molecular flexibility index (Phi) is 5.48. The van der Waals surface area contributed by atoms with E-state index in [2.05, 4.69) is 9.72 Å². The number of hydrogen-bond donors (Lipinski definition) is 1. The van der Waals surface area contributed by atoms with Crippen LogP contribution in [-0.4, -0.2) is 37.6 Å². The van der Waals surface area contributed by atoms with Crippen LogP contribution in [0, 0.1) is 5.82 Å². The van der Waals surface area contributed by atoms with Crippen LogP contribution in [0.1, 0.15) is 20.8 Å². The number of rotatable bonds is 5. The number of nitrogens with two attached hydrogens (primary N) is 1. The summed E-state index contributed by atoms with van der Waals surface area (Å²) in [5.41, 5.74) is 5.48. The molecule has 6 nitrogen and oxygen atoms in total. The number of ketones is 1. The average Bonchev–Trinajstić information content (AvgIpc) is 2.60. The largest absolute Gasteiger partial charge is 0.464 e. The third-order valence-corrected chi connectivity index (χ3v) is 3.63. The van der Waals surface area contributed by atoms with Crippen LogP contribution < -0.4 is 5.73 Å². The van der Waals surface area contributed by atoms with E-state index in [0.717, 1.165) is 7.11 Å². The minimum Gasteiger partial charge on any atom is -0.464 e. The number of nitrogens with zero attached hydrogens (tertiary/aromatic N) is 1. The Morgan fingerprint density at radius 1 is 1.25 bits per heavy atom. The Morgan fingerprint density at radius 3 is 2.42 bits per heavy atom. The molecular weight excluding hydrogens is 339 g/mol. The van der Waals surface area contributed by atoms with Crippen molar-refractivity contribution in [2.75, 3.05) is 26.6 Å². The van der Waals surface area contributed by atoms with Crippen LogP contribution in [0.25, 0.3) is 11.3 Å². The van der Waals surface area contributed by atoms with Crippen molar-refractivity contribution in [2.45, 2.75) is 0 Å². The van der Waals surface area contributed by atoms with E-state index >= 15 is 0 Å². The number of nitrogen functional groups attached to an aromatic ring is 1. The van der Waals surface area contributed by atoms with E-state index in [0.29, 0.717) is 11.1 Å². The fourth-order valence-corrected chi connectivity index (χ4v) is 2.22. The quantitative estimate of drug-likeness (QED) is 0.657. The van der Waals surface area contributed by atoms with Crippen molar-refractivity contribution in [3.05, 3.63) is 46.4 Å². The lowest BCUT2D eigenvalue weighted by Gasteiger charge is -2.10. The van der Waals surface area contributed by atoms with Gasteiger partial charge in [-0.15, -0.1) is 0 Å². The smallest absolute Gasteiger partial charge is 0.358 e. The number of Topliss-reactive ketones (excluding diaryl/α,β-unsaturated/α-hetero) is 1. The standard InChI is InChI=1S/C16H14ClFN2O4/c1-23-7-10(21)8-3-5-9(6-4-8)14-12(18)13(19)11(17)15(20-14)16(22)24-2/h3-6H,7H2,1-2H3,(H2,19,20). The van der Waals surface area contributed by atoms with Gasteiger partial charge in [0, 0.05) is 18.2 Å². The molecule has 1 heterocycles. The van der Waals surface area contributed by atoms with Gasteiger partial charge in [0.15, 0.2) is 17.3 Å². The summed E-state index contributed by atoms with van der Waals surface area (Å²) in [6.07, 6.45) is 0. The first-order valence-corrected chi connectivity index (χ1v) is 7.13. The molecule has 0 aliphatic heterocycles. The van der Waals surface area contributed by atoms with Gasteiger partial charge in [0.1, 0.15) is 12.3 Å². The molecule has 0 aliphatic carbocycles. The highest BCUT2D eigenvalue weighted by molar-refractivity contribution is 6.35. The molecule has 0 saturated heterocycles. The van der Waals surface area contributed by atoms with Crippen LogP contribution in [0.15, 0.2) is 24.3 Å². The van der Waals surface area contributed by atoms with Gasteiger partial charge in [-0.3, -0.25) is 4.79 Å². The number of esters is 1. The lowest BCUT2D eigenvalue weighted by atomic mass is 10.0. The molecule has 0 aliphatic rings. The summed E-state index contributed by atoms with van der Waals surface area (Å²) in [6, 6.07) is 5.98. The van der Waals surface area contributed by atoms with Crippen LogP contribution in [-0.2, 0) is 9.47 Å². The van der Waals surface area contributed by atoms with Gasteiger partial charge in [0.25, 0.3) is 0 Å². The van der Waals surface area contributed by atoms with Crippen molar-refractivity contribution in [1.29, 1.82) is 0 Å². The summed E-state index contributed by atoms with van der Waals surface area (Å²) in [4.78, 5) is 27.3. The molecule has 0 saturated carbocycles. The summed E-state index contributed by atoms with van der Waals surface area (Å²) < 4.78 is 23.7. The van der Waals surface area contributed by atoms with Crippen molar-refractivity contribution in [3.8, 4) is 11.3 Å². The zero-order chi connectivity index (χ0) is 17.9. The van der Waals surface area contributed by atoms with E-state index in [1.165, 1.54) is 31.4 Å². The lowest BCUT2D eigenvalue weighted by Crippen LogP contribution is -2.10. The molecule has 0 unspecified atom stereocenters. The number of ether oxygens (including phenoxy) is 2. The monoisotopic (exact) mass is 352 g/mol. The summed E-state index contributed by atoms with van der Waals surface area (Å²) in [5.74, 6) is -1.91. The van der Waals surface area contributed by atoms with Crippen LogP contribution in [0.2, 0.25) is 5.02 Å². The number of anilines is 1. The molecule has 0 bridgehead atoms. The van der Waals surface area contributed by atoms with E-state index < -0.39 is 17.5 Å². The third kappa shape index (κ3) is 3.37. The third-order valence-electron chi connectivity index (χ3n) is 3.25. The molecule has 0 radical (unpaired) electrons. The molecule has 24 heavy (non-hydrogen) atoms. The lowest BCUT2D eigenvalue weighted by molar-refractivity contribution is 0.0594. The molecule has 0 spiro atoms. The molecule has 0 atom stereocenters. The fraction of sp³-hybridized carbons (Fsp3) is 0.188. The summed E-state index contributed by atoms with van der Waals surface area (Å²) in [5, 5.41) is -0.310. The van der Waals surface area contributed by atoms with Gasteiger partial charge in [-0.2, -0.15) is 0 Å². The highest BCUT2D eigenvalue weighted by atomic mass is 35.5. The Hall–Kier alpha value is -2.51. The van der Waals surface area contributed by atoms with E-state index in [-0.39, 0.29) is 28.8 Å². The number of aromatic nitrogens is 1. The highest BCUT2D eigenvalue weighted by Gasteiger charge is 2.22. The maximum atomic E-state index is 14.4. The predicted octanol–water partition coefficient (Wildman–Crippen LogP) is 2.74. The van der Waals surface area contributed by atoms with E-state index in [1.54, 1.807) is 0 Å². The van der Waals surface area contributed by atoms with Crippen LogP contribution in [0.5, 0.6) is 0 Å². The van der Waals surface area contributed by atoms with Crippen LogP contribution >= 0.6 is 11.6 Å². The minimum atomic E-state index is -0.858. The number of halogens is 2. The molecule has 1 aromatic heterocycles. The average molecular weight is 353 g/mol. The van der Waals surface area contributed by atoms with E-state index in [4.69, 9.17) is 22.1 Å². The van der Waals surface area contributed by atoms with Gasteiger partial charge in [-0.25, -0.2) is 14.2 Å². The first-order valence-electron chi connectivity index (χ1n) is 6.76. The van der Waals surface area contributed by atoms with E-state index in [1.807, 2.05) is 0 Å². The number of pyridine rings is 1. The molecule has 1 aromatic carbocycles. The molecule has 8 heteroatoms. The van der Waals surface area contributed by atoms with E-state index in [9.17, 15) is 14.0 Å². The molecule has 0 amide bonds. The van der Waals surface area contributed by atoms with Crippen LogP contribution in [0.4, 0.5) is 10.1 Å². The van der Waals surface area contributed by atoms with Crippen LogP contribution in [0.3, 0.4) is 0 Å². The van der Waals surface area contributed by atoms with Gasteiger partial charge < -0.3 is 15.2 Å². The molecule has 0 fully saturated rings. The summed E-state index contributed by atoms with van der Waals surface area (Å²) in [7, 11) is 2.56. The molecular formula is C16H14ClFN2O4. The van der Waals surface area contributed by atoms with Gasteiger partial charge in [0.05, 0.1) is 17.8 Å². The Balaban J connectivity index is 2.50. The first kappa shape index (κ1) is 17.8. The zero-order valence-corrected chi connectivity index (χ0v) is 13.7. The topological polar surface area (TPSA) is 91.5 Å². The van der Waals surface area contributed by atoms with Gasteiger partial charge >= 0.3 is 5.97 Å². The van der Waals surface area contributed by atoms with Gasteiger partial charge in [-0.05, 0) is 0 Å². The molecule has 2 rings (SSSR count). The maximum Gasteiger partial charge on any atom is 0.358 e. The fourth-order valence-electron chi connectivity index (χ4n) is 2.01. The Bertz CT molecular complexity index is 794. The number of hydrogen-bond acceptors (Lipinski definition) is 6. The molecule has 126 valence electrons. The second-order valence-electron chi connectivity index (χ2n) is 4.78. The second-order valence-corrected chi connectivity index (χ2v) is 5.15. The maximum absolute atomic E-state index is 14.4. The highest BCUT2D eigenvalue weighted by Crippen LogP contribution is 2.32. The molecule has 2 N–H and O–H groups in total. The van der Waals surface area contributed by atoms with Crippen molar-refractivity contribution in [1.82, 2.24) is 4.98 Å². The molecule has 2 aromatic rings. The Labute approximate surface area is 142 Å². The number of carbonyl (C=O) groups is 2. The SMILES string of the molecule is COCC(=O)c1ccc(-c2nc(C(=O)OC)c(Cl)c(N)c2F)cc1. The minimum absolute atomic E-state index is 0.0632. The first-order chi connectivity index (χ1) is 11.4. The predicted molar refractivity (Wildman–Crippen MR) is 86.6 cm³/mol.